The fourth-order valence-electron chi connectivity index (χ4n) is 1.10. The predicted molar refractivity (Wildman–Crippen MR) is 64.9 cm³/mol. The zero-order valence-corrected chi connectivity index (χ0v) is 10.3. The van der Waals surface area contributed by atoms with Crippen molar-refractivity contribution in [1.29, 1.82) is 0 Å². The molecule has 0 bridgehead atoms. The average molecular weight is 232 g/mol. The van der Waals surface area contributed by atoms with Crippen LogP contribution in [0.3, 0.4) is 0 Å². The molecule has 15 heavy (non-hydrogen) atoms. The van der Waals surface area contributed by atoms with E-state index in [0.717, 1.165) is 12.0 Å². The summed E-state index contributed by atoms with van der Waals surface area (Å²) >= 11 is 0. The van der Waals surface area contributed by atoms with Gasteiger partial charge in [-0.25, -0.2) is 4.39 Å². The second kappa shape index (κ2) is 6.09. The maximum absolute atomic E-state index is 13.2. The van der Waals surface area contributed by atoms with Crippen LogP contribution in [-0.4, -0.2) is 5.54 Å². The highest BCUT2D eigenvalue weighted by atomic mass is 35.5. The molecular formula is C12H19ClFN. The maximum atomic E-state index is 13.2. The van der Waals surface area contributed by atoms with E-state index in [2.05, 4.69) is 26.1 Å². The fraction of sp³-hybridized carbons (Fsp3) is 0.500. The molecule has 0 saturated carbocycles. The molecule has 86 valence electrons. The van der Waals surface area contributed by atoms with Crippen LogP contribution in [0.2, 0.25) is 0 Å². The zero-order chi connectivity index (χ0) is 10.6. The Bertz CT molecular complexity index is 299. The van der Waals surface area contributed by atoms with E-state index in [1.54, 1.807) is 6.07 Å². The van der Waals surface area contributed by atoms with Crippen molar-refractivity contribution in [2.75, 3.05) is 0 Å². The molecule has 1 aromatic carbocycles. The molecule has 3 heteroatoms. The Morgan fingerprint density at radius 2 is 1.87 bits per heavy atom. The lowest BCUT2D eigenvalue weighted by Crippen LogP contribution is -2.37. The summed E-state index contributed by atoms with van der Waals surface area (Å²) < 4.78 is 13.2. The average Bonchev–Trinajstić information content (AvgIpc) is 2.17. The Morgan fingerprint density at radius 1 is 1.27 bits per heavy atom. The minimum absolute atomic E-state index is 0. The highest BCUT2D eigenvalue weighted by molar-refractivity contribution is 5.85. The van der Waals surface area contributed by atoms with Crippen LogP contribution in [0.1, 0.15) is 32.8 Å². The first-order chi connectivity index (χ1) is 6.55. The summed E-state index contributed by atoms with van der Waals surface area (Å²) in [6, 6.07) is 6.88. The molecule has 1 nitrogen and oxygen atoms in total. The van der Waals surface area contributed by atoms with Crippen molar-refractivity contribution in [2.45, 2.75) is 39.3 Å². The molecule has 0 saturated heterocycles. The van der Waals surface area contributed by atoms with Crippen molar-refractivity contribution >= 4 is 12.4 Å². The lowest BCUT2D eigenvalue weighted by Gasteiger charge is -2.24. The lowest BCUT2D eigenvalue weighted by molar-refractivity contribution is 0.371. The molecule has 0 radical (unpaired) electrons. The van der Waals surface area contributed by atoms with E-state index in [1.165, 1.54) is 6.07 Å². The number of rotatable bonds is 4. The molecule has 1 N–H and O–H groups in total. The van der Waals surface area contributed by atoms with Crippen LogP contribution < -0.4 is 5.32 Å². The first-order valence-corrected chi connectivity index (χ1v) is 5.03. The molecule has 0 aliphatic rings. The van der Waals surface area contributed by atoms with E-state index < -0.39 is 0 Å². The van der Waals surface area contributed by atoms with E-state index in [4.69, 9.17) is 0 Å². The molecule has 0 atom stereocenters. The van der Waals surface area contributed by atoms with Crippen molar-refractivity contribution in [3.63, 3.8) is 0 Å². The van der Waals surface area contributed by atoms with Crippen LogP contribution in [0.25, 0.3) is 0 Å². The molecular weight excluding hydrogens is 213 g/mol. The van der Waals surface area contributed by atoms with Crippen molar-refractivity contribution < 1.29 is 4.39 Å². The molecule has 1 aromatic rings. The first kappa shape index (κ1) is 14.4. The summed E-state index contributed by atoms with van der Waals surface area (Å²) in [5.74, 6) is -0.132. The zero-order valence-electron chi connectivity index (χ0n) is 9.51. The van der Waals surface area contributed by atoms with Gasteiger partial charge < -0.3 is 5.32 Å². The molecule has 0 fully saturated rings. The van der Waals surface area contributed by atoms with Gasteiger partial charge in [0.05, 0.1) is 0 Å². The SMILES string of the molecule is CCC(C)(C)NCc1ccccc1F.Cl. The normalized spacial score (nSPS) is 10.9. The van der Waals surface area contributed by atoms with Crippen molar-refractivity contribution in [2.24, 2.45) is 0 Å². The second-order valence-corrected chi connectivity index (χ2v) is 4.18. The number of hydrogen-bond acceptors (Lipinski definition) is 1. The summed E-state index contributed by atoms with van der Waals surface area (Å²) in [4.78, 5) is 0. The Balaban J connectivity index is 0.00000196. The maximum Gasteiger partial charge on any atom is 0.127 e. The molecule has 0 heterocycles. The smallest absolute Gasteiger partial charge is 0.127 e. The van der Waals surface area contributed by atoms with E-state index in [-0.39, 0.29) is 23.8 Å². The monoisotopic (exact) mass is 231 g/mol. The van der Waals surface area contributed by atoms with Crippen LogP contribution in [0.4, 0.5) is 4.39 Å². The topological polar surface area (TPSA) is 12.0 Å². The van der Waals surface area contributed by atoms with Gasteiger partial charge in [-0.1, -0.05) is 25.1 Å². The van der Waals surface area contributed by atoms with Gasteiger partial charge in [0.2, 0.25) is 0 Å². The molecule has 0 amide bonds. The third-order valence-corrected chi connectivity index (χ3v) is 2.60. The number of nitrogens with one attached hydrogen (secondary N) is 1. The Hall–Kier alpha value is -0.600. The summed E-state index contributed by atoms with van der Waals surface area (Å²) in [6.07, 6.45) is 1.03. The first-order valence-electron chi connectivity index (χ1n) is 5.03. The summed E-state index contributed by atoms with van der Waals surface area (Å²) in [5.41, 5.74) is 0.802. The van der Waals surface area contributed by atoms with Gasteiger partial charge >= 0.3 is 0 Å². The predicted octanol–water partition coefficient (Wildman–Crippen LogP) is 3.53. The molecule has 0 aromatic heterocycles. The Kier molecular flexibility index (Phi) is 5.84. The minimum atomic E-state index is -0.132. The number of halogens is 2. The quantitative estimate of drug-likeness (QED) is 0.836. The Labute approximate surface area is 97.5 Å². The van der Waals surface area contributed by atoms with Crippen molar-refractivity contribution in [1.82, 2.24) is 5.32 Å². The van der Waals surface area contributed by atoms with E-state index in [0.29, 0.717) is 6.54 Å². The van der Waals surface area contributed by atoms with Gasteiger partial charge in [0.25, 0.3) is 0 Å². The number of hydrogen-bond donors (Lipinski definition) is 1. The summed E-state index contributed by atoms with van der Waals surface area (Å²) in [7, 11) is 0. The van der Waals surface area contributed by atoms with Crippen LogP contribution >= 0.6 is 12.4 Å². The van der Waals surface area contributed by atoms with Gasteiger partial charge in [0, 0.05) is 17.6 Å². The highest BCUT2D eigenvalue weighted by Gasteiger charge is 2.14. The standard InChI is InChI=1S/C12H18FN.ClH/c1-4-12(2,3)14-9-10-7-5-6-8-11(10)13;/h5-8,14H,4,9H2,1-3H3;1H. The molecule has 1 rings (SSSR count). The summed E-state index contributed by atoms with van der Waals surface area (Å²) in [6.45, 7) is 6.95. The van der Waals surface area contributed by atoms with Crippen LogP contribution in [-0.2, 0) is 6.54 Å². The largest absolute Gasteiger partial charge is 0.308 e. The molecule has 0 aliphatic heterocycles. The van der Waals surface area contributed by atoms with Gasteiger partial charge in [-0.05, 0) is 26.3 Å². The van der Waals surface area contributed by atoms with Crippen LogP contribution in [0.5, 0.6) is 0 Å². The van der Waals surface area contributed by atoms with E-state index >= 15 is 0 Å². The Morgan fingerprint density at radius 3 is 2.40 bits per heavy atom. The number of benzene rings is 1. The van der Waals surface area contributed by atoms with Gasteiger partial charge in [0.1, 0.15) is 5.82 Å². The van der Waals surface area contributed by atoms with Crippen molar-refractivity contribution in [3.8, 4) is 0 Å². The third kappa shape index (κ3) is 4.63. The van der Waals surface area contributed by atoms with Crippen molar-refractivity contribution in [3.05, 3.63) is 35.6 Å². The van der Waals surface area contributed by atoms with Crippen LogP contribution in [0.15, 0.2) is 24.3 Å². The van der Waals surface area contributed by atoms with Gasteiger partial charge in [-0.3, -0.25) is 0 Å². The fourth-order valence-corrected chi connectivity index (χ4v) is 1.10. The molecule has 0 spiro atoms. The third-order valence-electron chi connectivity index (χ3n) is 2.60. The summed E-state index contributed by atoms with van der Waals surface area (Å²) in [5, 5.41) is 3.33. The van der Waals surface area contributed by atoms with Gasteiger partial charge in [-0.15, -0.1) is 12.4 Å². The van der Waals surface area contributed by atoms with E-state index in [9.17, 15) is 4.39 Å². The van der Waals surface area contributed by atoms with Gasteiger partial charge in [-0.2, -0.15) is 0 Å². The lowest BCUT2D eigenvalue weighted by atomic mass is 10.0. The second-order valence-electron chi connectivity index (χ2n) is 4.18. The van der Waals surface area contributed by atoms with Crippen LogP contribution in [0, 0.1) is 5.82 Å². The molecule has 0 aliphatic carbocycles. The van der Waals surface area contributed by atoms with E-state index in [1.807, 2.05) is 12.1 Å². The van der Waals surface area contributed by atoms with Gasteiger partial charge in [0.15, 0.2) is 0 Å². The molecule has 0 unspecified atom stereocenters. The minimum Gasteiger partial charge on any atom is -0.308 e. The highest BCUT2D eigenvalue weighted by Crippen LogP contribution is 2.11.